The first kappa shape index (κ1) is 16.1. The number of carbonyl (C=O) groups is 1. The zero-order valence-electron chi connectivity index (χ0n) is 12.2. The van der Waals surface area contributed by atoms with Crippen molar-refractivity contribution in [3.8, 4) is 11.3 Å². The number of allylic oxidation sites excluding steroid dienone is 1. The maximum Gasteiger partial charge on any atom is 0.330 e. The van der Waals surface area contributed by atoms with Crippen molar-refractivity contribution in [2.75, 3.05) is 19.5 Å². The summed E-state index contributed by atoms with van der Waals surface area (Å²) in [6.07, 6.45) is 1.31. The highest BCUT2D eigenvalue weighted by Crippen LogP contribution is 2.36. The summed E-state index contributed by atoms with van der Waals surface area (Å²) >= 11 is 1.28. The summed E-state index contributed by atoms with van der Waals surface area (Å²) in [5.74, 6) is -1.88. The second-order valence-corrected chi connectivity index (χ2v) is 5.45. The number of nitrogens with zero attached hydrogens (tertiary/aromatic N) is 1. The van der Waals surface area contributed by atoms with Crippen molar-refractivity contribution in [2.24, 2.45) is 0 Å². The summed E-state index contributed by atoms with van der Waals surface area (Å²) in [5.41, 5.74) is 1.32. The fraction of sp³-hybridized carbons (Fsp3) is 0.200. The van der Waals surface area contributed by atoms with E-state index in [0.29, 0.717) is 26.8 Å². The summed E-state index contributed by atoms with van der Waals surface area (Å²) in [6.45, 7) is 1.71. The summed E-state index contributed by atoms with van der Waals surface area (Å²) < 4.78 is 31.5. The van der Waals surface area contributed by atoms with Crippen molar-refractivity contribution in [1.29, 1.82) is 0 Å². The Hall–Kier alpha value is -2.28. The molecule has 0 unspecified atom stereocenters. The molecule has 1 N–H and O–H groups in total. The molecule has 0 fully saturated rings. The Morgan fingerprint density at radius 3 is 2.50 bits per heavy atom. The van der Waals surface area contributed by atoms with Gasteiger partial charge >= 0.3 is 5.97 Å². The number of benzene rings is 1. The lowest BCUT2D eigenvalue weighted by molar-refractivity contribution is -0.134. The number of hydrogen-bond acceptors (Lipinski definition) is 5. The zero-order valence-corrected chi connectivity index (χ0v) is 13.1. The molecule has 0 saturated carbocycles. The van der Waals surface area contributed by atoms with Crippen molar-refractivity contribution < 1.29 is 18.3 Å². The molecular formula is C15H14F2N2O2S. The van der Waals surface area contributed by atoms with Crippen LogP contribution in [0.3, 0.4) is 0 Å². The van der Waals surface area contributed by atoms with Crippen LogP contribution in [0, 0.1) is 11.6 Å². The molecule has 0 aliphatic rings. The summed E-state index contributed by atoms with van der Waals surface area (Å²) in [7, 11) is 2.97. The Balaban J connectivity index is 2.58. The van der Waals surface area contributed by atoms with Crippen molar-refractivity contribution in [3.05, 3.63) is 40.8 Å². The number of esters is 1. The normalized spacial score (nSPS) is 11.4. The second-order valence-electron chi connectivity index (χ2n) is 4.46. The molecule has 116 valence electrons. The fourth-order valence-electron chi connectivity index (χ4n) is 1.88. The van der Waals surface area contributed by atoms with E-state index in [1.165, 1.54) is 36.7 Å². The average molecular weight is 324 g/mol. The number of nitrogens with one attached hydrogen (secondary N) is 1. The lowest BCUT2D eigenvalue weighted by Crippen LogP contribution is -1.96. The van der Waals surface area contributed by atoms with Gasteiger partial charge in [-0.1, -0.05) is 11.3 Å². The Morgan fingerprint density at radius 1 is 1.32 bits per heavy atom. The van der Waals surface area contributed by atoms with E-state index in [0.717, 1.165) is 6.07 Å². The number of rotatable bonds is 4. The first-order valence-corrected chi connectivity index (χ1v) is 7.18. The van der Waals surface area contributed by atoms with E-state index in [4.69, 9.17) is 0 Å². The third kappa shape index (κ3) is 3.48. The van der Waals surface area contributed by atoms with Crippen molar-refractivity contribution in [3.63, 3.8) is 0 Å². The van der Waals surface area contributed by atoms with E-state index in [1.807, 2.05) is 0 Å². The number of ether oxygens (including phenoxy) is 1. The largest absolute Gasteiger partial charge is 0.466 e. The van der Waals surface area contributed by atoms with Gasteiger partial charge in [0.25, 0.3) is 0 Å². The predicted octanol–water partition coefficient (Wildman–Crippen LogP) is 3.71. The Kier molecular flexibility index (Phi) is 4.87. The number of aromatic nitrogens is 1. The maximum atomic E-state index is 13.4. The minimum Gasteiger partial charge on any atom is -0.466 e. The Bertz CT molecular complexity index is 721. The summed E-state index contributed by atoms with van der Waals surface area (Å²) in [6, 6.07) is 3.20. The molecule has 0 atom stereocenters. The number of methoxy groups -OCH3 is 1. The molecule has 0 radical (unpaired) electrons. The molecule has 1 aromatic carbocycles. The van der Waals surface area contributed by atoms with Crippen LogP contribution in [0.1, 0.15) is 11.8 Å². The Labute approximate surface area is 130 Å². The molecule has 0 aliphatic carbocycles. The quantitative estimate of drug-likeness (QED) is 0.688. The van der Waals surface area contributed by atoms with Crippen LogP contribution in [-0.2, 0) is 9.53 Å². The number of halogens is 2. The molecule has 2 rings (SSSR count). The first-order valence-electron chi connectivity index (χ1n) is 6.36. The van der Waals surface area contributed by atoms with E-state index >= 15 is 0 Å². The summed E-state index contributed by atoms with van der Waals surface area (Å²) in [4.78, 5) is 16.3. The third-order valence-corrected chi connectivity index (χ3v) is 4.08. The monoisotopic (exact) mass is 324 g/mol. The highest BCUT2D eigenvalue weighted by atomic mass is 32.1. The van der Waals surface area contributed by atoms with Gasteiger partial charge in [0.15, 0.2) is 5.13 Å². The second kappa shape index (κ2) is 6.65. The van der Waals surface area contributed by atoms with Crippen LogP contribution in [0.4, 0.5) is 13.9 Å². The van der Waals surface area contributed by atoms with Gasteiger partial charge in [0.2, 0.25) is 0 Å². The third-order valence-electron chi connectivity index (χ3n) is 2.87. The minimum absolute atomic E-state index is 0.308. The van der Waals surface area contributed by atoms with Crippen LogP contribution >= 0.6 is 11.3 Å². The topological polar surface area (TPSA) is 51.2 Å². The SMILES string of the molecule is CNc1nc(-c2cc(F)cc(F)c2)c(/C(C)=C/C(=O)OC)s1. The average Bonchev–Trinajstić information content (AvgIpc) is 2.90. The van der Waals surface area contributed by atoms with Gasteiger partial charge in [-0.25, -0.2) is 18.6 Å². The zero-order chi connectivity index (χ0) is 16.3. The van der Waals surface area contributed by atoms with Crippen LogP contribution in [0.5, 0.6) is 0 Å². The molecule has 22 heavy (non-hydrogen) atoms. The van der Waals surface area contributed by atoms with Crippen LogP contribution in [0.15, 0.2) is 24.3 Å². The van der Waals surface area contributed by atoms with E-state index in [-0.39, 0.29) is 0 Å². The molecule has 2 aromatic rings. The minimum atomic E-state index is -0.686. The number of carbonyl (C=O) groups excluding carboxylic acids is 1. The van der Waals surface area contributed by atoms with Crippen molar-refractivity contribution in [2.45, 2.75) is 6.92 Å². The number of anilines is 1. The van der Waals surface area contributed by atoms with Gasteiger partial charge in [-0.3, -0.25) is 0 Å². The number of hydrogen-bond donors (Lipinski definition) is 1. The van der Waals surface area contributed by atoms with Crippen LogP contribution < -0.4 is 5.32 Å². The van der Waals surface area contributed by atoms with Gasteiger partial charge in [-0.15, -0.1) is 0 Å². The van der Waals surface area contributed by atoms with Gasteiger partial charge in [-0.2, -0.15) is 0 Å². The fourth-order valence-corrected chi connectivity index (χ4v) is 2.79. The smallest absolute Gasteiger partial charge is 0.330 e. The molecule has 0 amide bonds. The number of thiazole rings is 1. The van der Waals surface area contributed by atoms with Gasteiger partial charge < -0.3 is 10.1 Å². The van der Waals surface area contributed by atoms with Gasteiger partial charge in [0.05, 0.1) is 17.7 Å². The molecule has 0 aliphatic heterocycles. The molecule has 4 nitrogen and oxygen atoms in total. The molecular weight excluding hydrogens is 310 g/mol. The van der Waals surface area contributed by atoms with Crippen molar-refractivity contribution in [1.82, 2.24) is 4.98 Å². The van der Waals surface area contributed by atoms with E-state index in [1.54, 1.807) is 14.0 Å². The molecule has 1 heterocycles. The van der Waals surface area contributed by atoms with Crippen LogP contribution in [0.25, 0.3) is 16.8 Å². The first-order chi connectivity index (χ1) is 10.4. The molecule has 0 saturated heterocycles. The lowest BCUT2D eigenvalue weighted by Gasteiger charge is -2.03. The Morgan fingerprint density at radius 2 is 1.95 bits per heavy atom. The van der Waals surface area contributed by atoms with Crippen LogP contribution in [-0.4, -0.2) is 25.1 Å². The van der Waals surface area contributed by atoms with E-state index in [2.05, 4.69) is 15.0 Å². The lowest BCUT2D eigenvalue weighted by atomic mass is 10.1. The standard InChI is InChI=1S/C15H14F2N2O2S/c1-8(4-12(20)21-3)14-13(19-15(18-2)22-14)9-5-10(16)7-11(17)6-9/h4-7H,1-3H3,(H,18,19)/b8-4+. The highest BCUT2D eigenvalue weighted by Gasteiger charge is 2.16. The van der Waals surface area contributed by atoms with Gasteiger partial charge in [0.1, 0.15) is 11.6 Å². The van der Waals surface area contributed by atoms with Gasteiger partial charge in [-0.05, 0) is 24.6 Å². The van der Waals surface area contributed by atoms with Gasteiger partial charge in [0, 0.05) is 24.8 Å². The maximum absolute atomic E-state index is 13.4. The predicted molar refractivity (Wildman–Crippen MR) is 82.7 cm³/mol. The van der Waals surface area contributed by atoms with Crippen LogP contribution in [0.2, 0.25) is 0 Å². The van der Waals surface area contributed by atoms with Crippen molar-refractivity contribution >= 4 is 28.0 Å². The molecule has 0 bridgehead atoms. The summed E-state index contributed by atoms with van der Waals surface area (Å²) in [5, 5.41) is 3.46. The highest BCUT2D eigenvalue weighted by molar-refractivity contribution is 7.17. The van der Waals surface area contributed by atoms with E-state index < -0.39 is 17.6 Å². The molecule has 7 heteroatoms. The molecule has 1 aromatic heterocycles. The van der Waals surface area contributed by atoms with E-state index in [9.17, 15) is 13.6 Å². The molecule has 0 spiro atoms.